The molecule has 2 amide bonds. The molecule has 0 aliphatic carbocycles. The summed E-state index contributed by atoms with van der Waals surface area (Å²) in [5.41, 5.74) is 0.0125. The molecular formula is C62H98B3FIK2N3O17. The van der Waals surface area contributed by atoms with Crippen LogP contribution in [0.5, 0.6) is 17.2 Å². The predicted octanol–water partition coefficient (Wildman–Crippen LogP) is 2.12. The van der Waals surface area contributed by atoms with Crippen molar-refractivity contribution in [1.82, 2.24) is 15.1 Å². The monoisotopic (exact) mass is 1410 g/mol. The summed E-state index contributed by atoms with van der Waals surface area (Å²) < 4.78 is 70.5. The van der Waals surface area contributed by atoms with Crippen LogP contribution < -0.4 is 139 Å². The number of carbonyl (C=O) groups is 3. The van der Waals surface area contributed by atoms with E-state index in [1.807, 2.05) is 158 Å². The second-order valence-electron chi connectivity index (χ2n) is 27.0. The summed E-state index contributed by atoms with van der Waals surface area (Å²) in [5, 5.41) is 30.2. The van der Waals surface area contributed by atoms with Crippen molar-refractivity contribution >= 4 is 79.0 Å². The smallest absolute Gasteiger partial charge is 1.00 e. The van der Waals surface area contributed by atoms with Crippen LogP contribution in [0.2, 0.25) is 0 Å². The van der Waals surface area contributed by atoms with Crippen LogP contribution in [-0.4, -0.2) is 174 Å². The summed E-state index contributed by atoms with van der Waals surface area (Å²) in [5.74, 6) is 1.93. The largest absolute Gasteiger partial charge is 1.00 e. The molecule has 20 nitrogen and oxygen atoms in total. The topological polar surface area (TPSA) is 235 Å². The first-order valence-corrected chi connectivity index (χ1v) is 31.4. The fraction of sp³-hybridized carbons (Fsp3) is 0.661. The quantitative estimate of drug-likeness (QED) is 0.0659. The molecule has 27 heteroatoms. The molecule has 6 aliphatic heterocycles. The number of amides is 2. The molecule has 3 aromatic carbocycles. The number of aromatic hydroxyl groups is 1. The van der Waals surface area contributed by atoms with Gasteiger partial charge in [-0.2, -0.15) is 0 Å². The van der Waals surface area contributed by atoms with Crippen LogP contribution in [0.1, 0.15) is 152 Å². The molecule has 6 saturated heterocycles. The van der Waals surface area contributed by atoms with Crippen LogP contribution >= 0.6 is 22.6 Å². The van der Waals surface area contributed by atoms with E-state index in [4.69, 9.17) is 56.9 Å². The Hall–Kier alpha value is -1.16. The standard InChI is InChI=1S/C21H32BNO5.C16H24BNO3.C12H17BO3.C9H17NO3.C3H6FI.CH2O3.2K.H/c1-19(2,3)26-18(24)23-13-12-17(14-23)25-16-10-8-15(9-11-16)22-27-20(4,5)21(6,7)28-22;1-15(2)16(3,4)21-17(20-15)12-5-7-13(8-6-12)19-14-9-10-18-11-14;1-11(2)12(3,4)16-13(15-11)9-5-7-10(14)8-6-9;1-9(2,3)13-8(12)10-5-4-7(11)6-10;4-2-1-3-5;2-1-4-3;;;/h8-11,17H,12-14H2,1-7H3;5-8,14,18H,9-11H2,1-4H3;5-8,14H,1-4H3;7,11H,4-6H2,1-3H3;1-3H2;1,3H;;;/q;;;;;;2*+1;-1/p-1/t17-;14-;;7-;;;;;/m11.0...../s1. The molecule has 0 radical (unpaired) electrons. The first kappa shape index (κ1) is 83.9. The average Bonchev–Trinajstić information content (AvgIpc) is 1.82. The van der Waals surface area contributed by atoms with Crippen molar-refractivity contribution in [3.05, 3.63) is 72.8 Å². The van der Waals surface area contributed by atoms with Crippen molar-refractivity contribution in [2.75, 3.05) is 50.4 Å². The first-order chi connectivity index (χ1) is 40.3. The zero-order chi connectivity index (χ0) is 65.4. The van der Waals surface area contributed by atoms with Gasteiger partial charge in [0, 0.05) is 37.0 Å². The predicted molar refractivity (Wildman–Crippen MR) is 343 cm³/mol. The number of hydrogen-bond donors (Lipinski definition) is 3. The number of halogens is 2. The Balaban J connectivity index is 0.000000584. The number of ether oxygens (including phenoxy) is 4. The van der Waals surface area contributed by atoms with Crippen LogP contribution in [0.15, 0.2) is 72.8 Å². The van der Waals surface area contributed by atoms with Gasteiger partial charge < -0.3 is 83.8 Å². The number of hydrogen-bond acceptors (Lipinski definition) is 18. The van der Waals surface area contributed by atoms with Crippen LogP contribution in [0.25, 0.3) is 0 Å². The molecular weight excluding hydrogens is 1320 g/mol. The Morgan fingerprint density at radius 2 is 0.966 bits per heavy atom. The van der Waals surface area contributed by atoms with Gasteiger partial charge in [0.1, 0.15) is 40.7 Å². The normalized spacial score (nSPS) is 22.0. The molecule has 89 heavy (non-hydrogen) atoms. The summed E-state index contributed by atoms with van der Waals surface area (Å²) in [6, 6.07) is 22.8. The van der Waals surface area contributed by atoms with E-state index in [1.165, 1.54) is 4.90 Å². The third kappa shape index (κ3) is 27.1. The second kappa shape index (κ2) is 36.8. The van der Waals surface area contributed by atoms with Gasteiger partial charge in [0.2, 0.25) is 0 Å². The van der Waals surface area contributed by atoms with Gasteiger partial charge in [-0.05, 0) is 203 Å². The molecule has 488 valence electrons. The molecule has 6 heterocycles. The van der Waals surface area contributed by atoms with Gasteiger partial charge in [0.15, 0.2) is 0 Å². The molecule has 0 bridgehead atoms. The van der Waals surface area contributed by atoms with Crippen LogP contribution in [0.3, 0.4) is 0 Å². The molecule has 0 unspecified atom stereocenters. The van der Waals surface area contributed by atoms with Gasteiger partial charge in [0.25, 0.3) is 6.47 Å². The number of benzene rings is 3. The number of carbonyl (C=O) groups excluding carboxylic acids is 3. The molecule has 0 saturated carbocycles. The van der Waals surface area contributed by atoms with Gasteiger partial charge in [-0.1, -0.05) is 59.0 Å². The molecule has 6 fully saturated rings. The van der Waals surface area contributed by atoms with E-state index in [0.29, 0.717) is 39.0 Å². The van der Waals surface area contributed by atoms with E-state index in [-0.39, 0.29) is 209 Å². The Morgan fingerprint density at radius 1 is 0.629 bits per heavy atom. The molecule has 3 N–H and O–H groups in total. The number of aliphatic hydroxyl groups excluding tert-OH is 1. The SMILES string of the molecule is CC(C)(C)OC(=O)N1CC[C@@H](Oc2ccc(B3OC(C)(C)C(C)(C)O3)cc2)C1.CC(C)(C)OC(=O)N1CC[C@H](O)C1.CC1(C)OB(c2ccc(O)cc2)OC1(C)C.CC1(C)OB(c2ccc(O[C@@H]3CCNC3)cc2)OC1(C)C.FCCCI.O=CO[O-].[H-].[K+].[K+]. The number of rotatable bonds is 10. The number of β-amino-alcohol motifs (C(OH)–C–C–N with tert-alkyl or cyclic N) is 1. The van der Waals surface area contributed by atoms with Gasteiger partial charge in [-0.25, -0.2) is 9.59 Å². The number of phenolic OH excluding ortho intramolecular Hbond substituents is 1. The Morgan fingerprint density at radius 3 is 1.25 bits per heavy atom. The third-order valence-electron chi connectivity index (χ3n) is 15.8. The number of nitrogens with one attached hydrogen (secondary N) is 1. The van der Waals surface area contributed by atoms with E-state index in [1.54, 1.807) is 17.0 Å². The van der Waals surface area contributed by atoms with Gasteiger partial charge in [-0.15, -0.1) is 0 Å². The van der Waals surface area contributed by atoms with Crippen LogP contribution in [-0.2, 0) is 47.1 Å². The van der Waals surface area contributed by atoms with E-state index in [9.17, 15) is 24.2 Å². The van der Waals surface area contributed by atoms with Crippen molar-refractivity contribution in [2.45, 2.75) is 213 Å². The maximum absolute atomic E-state index is 12.2. The maximum atomic E-state index is 12.2. The minimum absolute atomic E-state index is 0. The summed E-state index contributed by atoms with van der Waals surface area (Å²) >= 11 is 2.15. The summed E-state index contributed by atoms with van der Waals surface area (Å²) in [6.45, 7) is 39.4. The fourth-order valence-electron chi connectivity index (χ4n) is 8.69. The Labute approximate surface area is 630 Å². The summed E-state index contributed by atoms with van der Waals surface area (Å²) in [7, 11) is -1.05. The van der Waals surface area contributed by atoms with Crippen LogP contribution in [0, 0.1) is 0 Å². The number of alkyl halides is 2. The van der Waals surface area contributed by atoms with Crippen LogP contribution in [0.4, 0.5) is 14.0 Å². The third-order valence-corrected chi connectivity index (χ3v) is 16.5. The van der Waals surface area contributed by atoms with E-state index in [0.717, 1.165) is 58.2 Å². The van der Waals surface area contributed by atoms with Gasteiger partial charge in [-0.3, -0.25) is 9.18 Å². The minimum Gasteiger partial charge on any atom is -1.00 e. The van der Waals surface area contributed by atoms with Crippen molar-refractivity contribution in [3.8, 4) is 17.2 Å². The van der Waals surface area contributed by atoms with Crippen molar-refractivity contribution < 1.29 is 190 Å². The first-order valence-electron chi connectivity index (χ1n) is 29.8. The molecule has 0 aromatic heterocycles. The zero-order valence-corrected chi connectivity index (χ0v) is 65.0. The number of aliphatic hydroxyl groups is 1. The second-order valence-corrected chi connectivity index (χ2v) is 28.1. The zero-order valence-electron chi connectivity index (χ0n) is 57.6. The summed E-state index contributed by atoms with van der Waals surface area (Å²) in [6.07, 6.45) is 2.48. The Bertz CT molecular complexity index is 2560. The number of phenols is 1. The van der Waals surface area contributed by atoms with E-state index >= 15 is 0 Å². The van der Waals surface area contributed by atoms with E-state index in [2.05, 4.69) is 60.5 Å². The minimum atomic E-state index is -0.487. The van der Waals surface area contributed by atoms with Gasteiger partial charge in [0.05, 0.1) is 52.9 Å². The molecule has 6 aliphatic rings. The molecule has 3 atom stereocenters. The van der Waals surface area contributed by atoms with Crippen molar-refractivity contribution in [2.24, 2.45) is 0 Å². The maximum Gasteiger partial charge on any atom is 1.00 e. The van der Waals surface area contributed by atoms with E-state index < -0.39 is 11.2 Å². The molecule has 0 spiro atoms. The Kier molecular flexibility index (Phi) is 34.7. The van der Waals surface area contributed by atoms with Crippen molar-refractivity contribution in [1.29, 1.82) is 0 Å². The van der Waals surface area contributed by atoms with Gasteiger partial charge >= 0.3 is 136 Å². The molecule has 3 aromatic rings. The van der Waals surface area contributed by atoms with Crippen molar-refractivity contribution in [3.63, 3.8) is 0 Å². The molecule has 9 rings (SSSR count). The number of likely N-dealkylation sites (tertiary alicyclic amines) is 2. The average molecular weight is 1410 g/mol. The fourth-order valence-corrected chi connectivity index (χ4v) is 8.98. The number of nitrogens with zero attached hydrogens (tertiary/aromatic N) is 2. The summed E-state index contributed by atoms with van der Waals surface area (Å²) in [4.78, 5) is 38.1.